The molecule has 0 aromatic heterocycles. The largest absolute Gasteiger partial charge is 0.409 e. The minimum Gasteiger partial charge on any atom is -0.409 e. The van der Waals surface area contributed by atoms with E-state index >= 15 is 0 Å². The number of hydrogen-bond acceptors (Lipinski definition) is 4. The van der Waals surface area contributed by atoms with Crippen molar-refractivity contribution in [1.82, 2.24) is 5.32 Å². The van der Waals surface area contributed by atoms with E-state index in [1.54, 1.807) is 11.8 Å². The number of nitrogens with zero attached hydrogens (tertiary/aromatic N) is 1. The zero-order chi connectivity index (χ0) is 12.0. The highest BCUT2D eigenvalue weighted by molar-refractivity contribution is 7.99. The fourth-order valence-electron chi connectivity index (χ4n) is 1.68. The van der Waals surface area contributed by atoms with E-state index in [1.165, 1.54) is 0 Å². The van der Waals surface area contributed by atoms with Crippen molar-refractivity contribution in [3.8, 4) is 0 Å². The maximum Gasteiger partial charge on any atom is 0.224 e. The topological polar surface area (TPSA) is 87.7 Å². The second-order valence-electron chi connectivity index (χ2n) is 3.94. The van der Waals surface area contributed by atoms with Crippen LogP contribution < -0.4 is 11.1 Å². The summed E-state index contributed by atoms with van der Waals surface area (Å²) in [5.41, 5.74) is 5.53. The van der Waals surface area contributed by atoms with Crippen LogP contribution in [0, 0.1) is 5.92 Å². The summed E-state index contributed by atoms with van der Waals surface area (Å²) in [4.78, 5) is 11.8. The van der Waals surface area contributed by atoms with Crippen LogP contribution in [0.1, 0.15) is 26.2 Å². The van der Waals surface area contributed by atoms with Crippen LogP contribution in [0.3, 0.4) is 0 Å². The van der Waals surface area contributed by atoms with Crippen LogP contribution in [0.4, 0.5) is 0 Å². The zero-order valence-corrected chi connectivity index (χ0v) is 10.3. The third-order valence-electron chi connectivity index (χ3n) is 2.67. The lowest BCUT2D eigenvalue weighted by Crippen LogP contribution is -2.46. The molecule has 0 saturated carbocycles. The molecule has 6 heteroatoms. The van der Waals surface area contributed by atoms with E-state index in [1.807, 2.05) is 6.92 Å². The molecule has 1 aliphatic rings. The molecule has 0 radical (unpaired) electrons. The predicted octanol–water partition coefficient (Wildman–Crippen LogP) is 0.771. The van der Waals surface area contributed by atoms with Crippen molar-refractivity contribution in [2.24, 2.45) is 16.8 Å². The smallest absolute Gasteiger partial charge is 0.224 e. The molecule has 5 nitrogen and oxygen atoms in total. The Bertz CT molecular complexity index is 265. The number of nitrogens with two attached hydrogens (primary N) is 1. The Hall–Kier alpha value is -0.910. The number of rotatable bonds is 5. The van der Waals surface area contributed by atoms with Gasteiger partial charge in [0, 0.05) is 11.7 Å². The van der Waals surface area contributed by atoms with Gasteiger partial charge in [0.25, 0.3) is 0 Å². The minimum absolute atomic E-state index is 0.0232. The fourth-order valence-corrected chi connectivity index (χ4v) is 2.90. The van der Waals surface area contributed by atoms with Gasteiger partial charge in [-0.05, 0) is 18.6 Å². The first-order valence-electron chi connectivity index (χ1n) is 5.54. The molecule has 0 aromatic carbocycles. The maximum atomic E-state index is 11.8. The van der Waals surface area contributed by atoms with Gasteiger partial charge in [-0.3, -0.25) is 4.79 Å². The maximum absolute atomic E-state index is 11.8. The van der Waals surface area contributed by atoms with Gasteiger partial charge >= 0.3 is 0 Å². The van der Waals surface area contributed by atoms with Crippen molar-refractivity contribution >= 4 is 23.5 Å². The molecule has 0 aromatic rings. The van der Waals surface area contributed by atoms with Gasteiger partial charge in [-0.15, -0.1) is 0 Å². The molecule has 0 spiro atoms. The Labute approximate surface area is 99.8 Å². The van der Waals surface area contributed by atoms with E-state index in [0.717, 1.165) is 24.3 Å². The zero-order valence-electron chi connectivity index (χ0n) is 9.48. The van der Waals surface area contributed by atoms with Crippen LogP contribution in [0.5, 0.6) is 0 Å². The molecule has 1 heterocycles. The normalized spacial score (nSPS) is 23.1. The number of hydrogen-bond donors (Lipinski definition) is 3. The summed E-state index contributed by atoms with van der Waals surface area (Å²) in [5, 5.41) is 14.4. The Kier molecular flexibility index (Phi) is 5.45. The Balaban J connectivity index is 2.50. The van der Waals surface area contributed by atoms with Crippen LogP contribution in [0.15, 0.2) is 5.16 Å². The van der Waals surface area contributed by atoms with Gasteiger partial charge in [-0.1, -0.05) is 18.5 Å². The second kappa shape index (κ2) is 6.62. The summed E-state index contributed by atoms with van der Waals surface area (Å²) in [6.45, 7) is 2.00. The van der Waals surface area contributed by atoms with Gasteiger partial charge in [0.2, 0.25) is 5.91 Å². The summed E-state index contributed by atoms with van der Waals surface area (Å²) in [6, 6.07) is -0.340. The van der Waals surface area contributed by atoms with Crippen molar-refractivity contribution in [1.29, 1.82) is 0 Å². The summed E-state index contributed by atoms with van der Waals surface area (Å²) < 4.78 is 0. The SMILES string of the molecule is CCCC(NC(=O)C1CCSC1)C(N)=NO. The molecule has 1 rings (SSSR count). The van der Waals surface area contributed by atoms with Gasteiger partial charge in [0.15, 0.2) is 5.84 Å². The van der Waals surface area contributed by atoms with Gasteiger partial charge in [-0.2, -0.15) is 11.8 Å². The lowest BCUT2D eigenvalue weighted by atomic mass is 10.1. The molecule has 1 saturated heterocycles. The Morgan fingerprint density at radius 2 is 2.50 bits per heavy atom. The van der Waals surface area contributed by atoms with Crippen LogP contribution >= 0.6 is 11.8 Å². The van der Waals surface area contributed by atoms with E-state index in [2.05, 4.69) is 10.5 Å². The summed E-state index contributed by atoms with van der Waals surface area (Å²) >= 11 is 1.79. The predicted molar refractivity (Wildman–Crippen MR) is 65.7 cm³/mol. The standard InChI is InChI=1S/C10H19N3O2S/c1-2-3-8(9(11)13-15)12-10(14)7-4-5-16-6-7/h7-8,15H,2-6H2,1H3,(H2,11,13)(H,12,14). The van der Waals surface area contributed by atoms with Crippen molar-refractivity contribution in [3.05, 3.63) is 0 Å². The van der Waals surface area contributed by atoms with Crippen LogP contribution in [-0.4, -0.2) is 34.5 Å². The number of thioether (sulfide) groups is 1. The number of amidine groups is 1. The highest BCUT2D eigenvalue weighted by Crippen LogP contribution is 2.23. The van der Waals surface area contributed by atoms with E-state index in [0.29, 0.717) is 6.42 Å². The molecular weight excluding hydrogens is 226 g/mol. The molecule has 16 heavy (non-hydrogen) atoms. The Morgan fingerprint density at radius 3 is 3.00 bits per heavy atom. The first kappa shape index (κ1) is 13.2. The van der Waals surface area contributed by atoms with Gasteiger partial charge < -0.3 is 16.3 Å². The lowest BCUT2D eigenvalue weighted by Gasteiger charge is -2.18. The first-order chi connectivity index (χ1) is 7.69. The van der Waals surface area contributed by atoms with Crippen LogP contribution in [-0.2, 0) is 4.79 Å². The van der Waals surface area contributed by atoms with Crippen molar-refractivity contribution in [2.75, 3.05) is 11.5 Å². The molecule has 2 atom stereocenters. The van der Waals surface area contributed by atoms with Crippen molar-refractivity contribution in [2.45, 2.75) is 32.2 Å². The molecule has 0 aliphatic carbocycles. The average Bonchev–Trinajstić information content (AvgIpc) is 2.80. The quantitative estimate of drug-likeness (QED) is 0.289. The van der Waals surface area contributed by atoms with E-state index in [9.17, 15) is 4.79 Å². The average molecular weight is 245 g/mol. The molecule has 2 unspecified atom stereocenters. The third-order valence-corrected chi connectivity index (χ3v) is 3.83. The number of nitrogens with one attached hydrogen (secondary N) is 1. The summed E-state index contributed by atoms with van der Waals surface area (Å²) in [6.07, 6.45) is 2.49. The number of carbonyl (C=O) groups is 1. The lowest BCUT2D eigenvalue weighted by molar-refractivity contribution is -0.124. The van der Waals surface area contributed by atoms with Crippen LogP contribution in [0.2, 0.25) is 0 Å². The summed E-state index contributed by atoms with van der Waals surface area (Å²) in [5.74, 6) is 2.10. The van der Waals surface area contributed by atoms with Gasteiger partial charge in [0.05, 0.1) is 6.04 Å². The highest BCUT2D eigenvalue weighted by Gasteiger charge is 2.26. The molecule has 1 aliphatic heterocycles. The van der Waals surface area contributed by atoms with E-state index < -0.39 is 0 Å². The summed E-state index contributed by atoms with van der Waals surface area (Å²) in [7, 11) is 0. The minimum atomic E-state index is -0.340. The molecular formula is C10H19N3O2S. The second-order valence-corrected chi connectivity index (χ2v) is 5.09. The molecule has 1 fully saturated rings. The fraction of sp³-hybridized carbons (Fsp3) is 0.800. The van der Waals surface area contributed by atoms with Crippen molar-refractivity contribution in [3.63, 3.8) is 0 Å². The van der Waals surface area contributed by atoms with Gasteiger partial charge in [-0.25, -0.2) is 0 Å². The van der Waals surface area contributed by atoms with Crippen molar-refractivity contribution < 1.29 is 10.0 Å². The highest BCUT2D eigenvalue weighted by atomic mass is 32.2. The molecule has 4 N–H and O–H groups in total. The first-order valence-corrected chi connectivity index (χ1v) is 6.70. The monoisotopic (exact) mass is 245 g/mol. The molecule has 0 bridgehead atoms. The third kappa shape index (κ3) is 3.59. The van der Waals surface area contributed by atoms with E-state index in [4.69, 9.17) is 10.9 Å². The number of amides is 1. The van der Waals surface area contributed by atoms with Gasteiger partial charge in [0.1, 0.15) is 0 Å². The van der Waals surface area contributed by atoms with Crippen LogP contribution in [0.25, 0.3) is 0 Å². The molecule has 92 valence electrons. The Morgan fingerprint density at radius 1 is 1.75 bits per heavy atom. The number of carbonyl (C=O) groups excluding carboxylic acids is 1. The van der Waals surface area contributed by atoms with E-state index in [-0.39, 0.29) is 23.7 Å². The molecule has 1 amide bonds. The number of oxime groups is 1.